The van der Waals surface area contributed by atoms with Crippen LogP contribution in [-0.2, 0) is 4.74 Å². The molecule has 0 aromatic heterocycles. The maximum absolute atomic E-state index is 11.8. The van der Waals surface area contributed by atoms with Gasteiger partial charge in [-0.25, -0.2) is 4.79 Å². The molecule has 1 amide bonds. The number of hydrogen-bond donors (Lipinski definition) is 3. The maximum atomic E-state index is 11.8. The van der Waals surface area contributed by atoms with Crippen LogP contribution in [0, 0.1) is 10.1 Å². The van der Waals surface area contributed by atoms with E-state index in [-0.39, 0.29) is 11.7 Å². The molecule has 0 bridgehead atoms. The minimum Gasteiger partial charge on any atom is -0.444 e. The van der Waals surface area contributed by atoms with Gasteiger partial charge in [-0.3, -0.25) is 15.3 Å². The maximum Gasteiger partial charge on any atom is 0.407 e. The number of nitro groups is 1. The first-order valence-corrected chi connectivity index (χ1v) is 12.6. The molecule has 0 aliphatic heterocycles. The monoisotopic (exact) mass is 492 g/mol. The third-order valence-electron chi connectivity index (χ3n) is 4.50. The zero-order valence-corrected chi connectivity index (χ0v) is 20.8. The average molecular weight is 493 g/mol. The Kier molecular flexibility index (Phi) is 10.8. The lowest BCUT2D eigenvalue weighted by Gasteiger charge is -2.21. The minimum absolute atomic E-state index is 0.00625. The van der Waals surface area contributed by atoms with Crippen molar-refractivity contribution in [1.82, 2.24) is 5.32 Å². The largest absolute Gasteiger partial charge is 0.444 e. The molecule has 0 heterocycles. The number of ether oxygens (including phenoxy) is 1. The van der Waals surface area contributed by atoms with Gasteiger partial charge in [-0.1, -0.05) is 18.2 Å². The van der Waals surface area contributed by atoms with Gasteiger partial charge in [0, 0.05) is 34.2 Å². The van der Waals surface area contributed by atoms with Crippen LogP contribution in [0.5, 0.6) is 0 Å². The van der Waals surface area contributed by atoms with Crippen molar-refractivity contribution in [3.63, 3.8) is 0 Å². The van der Waals surface area contributed by atoms with Gasteiger partial charge in [-0.05, 0) is 76.2 Å². The number of thioether (sulfide) groups is 1. The van der Waals surface area contributed by atoms with Crippen molar-refractivity contribution < 1.29 is 14.5 Å². The standard InChI is InChI=1S/C23H32N4O4S2/c1-23(2,3)31-22(28)25-14-8-7-9-17(16-32-18-10-5-4-6-11-18)26-20-13-12-19(33-24)15-21(20)27(29)30/h4-6,10-13,15,17,26H,7-9,14,16,24H2,1-3H3,(H,25,28)/t17-/m1/s1. The first-order chi connectivity index (χ1) is 15.7. The number of nitrogens with one attached hydrogen (secondary N) is 2. The number of nitrogens with two attached hydrogens (primary N) is 1. The number of nitrogens with zero attached hydrogens (tertiary/aromatic N) is 1. The predicted octanol–water partition coefficient (Wildman–Crippen LogP) is 5.83. The highest BCUT2D eigenvalue weighted by Crippen LogP contribution is 2.30. The highest BCUT2D eigenvalue weighted by Gasteiger charge is 2.19. The molecule has 0 aliphatic carbocycles. The van der Waals surface area contributed by atoms with Crippen LogP contribution in [0.4, 0.5) is 16.2 Å². The van der Waals surface area contributed by atoms with E-state index in [0.717, 1.165) is 41.9 Å². The normalized spacial score (nSPS) is 12.1. The van der Waals surface area contributed by atoms with Gasteiger partial charge in [-0.15, -0.1) is 11.8 Å². The van der Waals surface area contributed by atoms with Crippen LogP contribution in [0.2, 0.25) is 0 Å². The summed E-state index contributed by atoms with van der Waals surface area (Å²) in [6, 6.07) is 15.0. The average Bonchev–Trinajstić information content (AvgIpc) is 2.76. The van der Waals surface area contributed by atoms with Gasteiger partial charge in [0.25, 0.3) is 5.69 Å². The molecule has 4 N–H and O–H groups in total. The minimum atomic E-state index is -0.527. The first kappa shape index (κ1) is 26.8. The van der Waals surface area contributed by atoms with Crippen LogP contribution in [0.25, 0.3) is 0 Å². The third kappa shape index (κ3) is 10.4. The summed E-state index contributed by atoms with van der Waals surface area (Å²) in [6.07, 6.45) is 1.98. The number of carbonyl (C=O) groups excluding carboxylic acids is 1. The smallest absolute Gasteiger partial charge is 0.407 e. The molecule has 0 unspecified atom stereocenters. The fourth-order valence-electron chi connectivity index (χ4n) is 3.01. The molecule has 33 heavy (non-hydrogen) atoms. The zero-order valence-electron chi connectivity index (χ0n) is 19.2. The van der Waals surface area contributed by atoms with Gasteiger partial charge in [0.15, 0.2) is 0 Å². The van der Waals surface area contributed by atoms with Crippen LogP contribution in [0.1, 0.15) is 40.0 Å². The SMILES string of the molecule is CC(C)(C)OC(=O)NCCCC[C@H](CSc1ccccc1)Nc1ccc(SN)cc1[N+](=O)[O-]. The van der Waals surface area contributed by atoms with Gasteiger partial charge in [0.2, 0.25) is 0 Å². The van der Waals surface area contributed by atoms with Gasteiger partial charge < -0.3 is 15.4 Å². The van der Waals surface area contributed by atoms with E-state index in [1.807, 2.05) is 51.1 Å². The second kappa shape index (κ2) is 13.3. The summed E-state index contributed by atoms with van der Waals surface area (Å²) in [5, 5.41) is 23.3. The summed E-state index contributed by atoms with van der Waals surface area (Å²) in [4.78, 5) is 24.7. The second-order valence-corrected chi connectivity index (χ2v) is 10.2. The Balaban J connectivity index is 1.97. The van der Waals surface area contributed by atoms with Crippen molar-refractivity contribution >= 4 is 41.2 Å². The van der Waals surface area contributed by atoms with E-state index in [2.05, 4.69) is 10.6 Å². The van der Waals surface area contributed by atoms with Crippen molar-refractivity contribution in [2.45, 2.75) is 61.5 Å². The van der Waals surface area contributed by atoms with E-state index in [9.17, 15) is 14.9 Å². The van der Waals surface area contributed by atoms with Gasteiger partial charge in [0.05, 0.1) is 4.92 Å². The molecule has 8 nitrogen and oxygen atoms in total. The van der Waals surface area contributed by atoms with Crippen molar-refractivity contribution in [3.8, 4) is 0 Å². The lowest BCUT2D eigenvalue weighted by molar-refractivity contribution is -0.384. The molecule has 0 aliphatic rings. The van der Waals surface area contributed by atoms with E-state index in [0.29, 0.717) is 17.1 Å². The fraction of sp³-hybridized carbons (Fsp3) is 0.435. The van der Waals surface area contributed by atoms with E-state index >= 15 is 0 Å². The summed E-state index contributed by atoms with van der Waals surface area (Å²) in [5.74, 6) is 0.744. The van der Waals surface area contributed by atoms with Crippen molar-refractivity contribution in [3.05, 3.63) is 58.6 Å². The number of unbranched alkanes of at least 4 members (excludes halogenated alkanes) is 1. The highest BCUT2D eigenvalue weighted by atomic mass is 32.2. The number of nitro benzene ring substituents is 1. The fourth-order valence-corrected chi connectivity index (χ4v) is 4.33. The number of amides is 1. The molecule has 2 rings (SSSR count). The summed E-state index contributed by atoms with van der Waals surface area (Å²) < 4.78 is 5.25. The molecule has 2 aromatic rings. The molecule has 180 valence electrons. The summed E-state index contributed by atoms with van der Waals surface area (Å²) in [5.41, 5.74) is -0.0458. The van der Waals surface area contributed by atoms with E-state index in [1.54, 1.807) is 23.9 Å². The third-order valence-corrected chi connectivity index (χ3v) is 6.20. The Bertz CT molecular complexity index is 907. The summed E-state index contributed by atoms with van der Waals surface area (Å²) in [7, 11) is 0. The van der Waals surface area contributed by atoms with E-state index in [4.69, 9.17) is 9.88 Å². The predicted molar refractivity (Wildman–Crippen MR) is 136 cm³/mol. The zero-order chi connectivity index (χ0) is 24.3. The molecule has 0 saturated carbocycles. The molecule has 0 saturated heterocycles. The van der Waals surface area contributed by atoms with Crippen LogP contribution >= 0.6 is 23.7 Å². The second-order valence-electron chi connectivity index (χ2n) is 8.44. The number of anilines is 1. The number of benzene rings is 2. The molecular formula is C23H32N4O4S2. The Labute approximate surface area is 203 Å². The van der Waals surface area contributed by atoms with Crippen LogP contribution in [0.3, 0.4) is 0 Å². The molecule has 2 aromatic carbocycles. The van der Waals surface area contributed by atoms with Crippen molar-refractivity contribution in [2.75, 3.05) is 17.6 Å². The summed E-state index contributed by atoms with van der Waals surface area (Å²) in [6.45, 7) is 5.98. The summed E-state index contributed by atoms with van der Waals surface area (Å²) >= 11 is 2.68. The van der Waals surface area contributed by atoms with Crippen LogP contribution in [-0.4, -0.2) is 35.0 Å². The lowest BCUT2D eigenvalue weighted by Crippen LogP contribution is -2.33. The van der Waals surface area contributed by atoms with E-state index in [1.165, 1.54) is 6.07 Å². The Morgan fingerprint density at radius 3 is 2.52 bits per heavy atom. The van der Waals surface area contributed by atoms with Crippen LogP contribution < -0.4 is 15.8 Å². The molecular weight excluding hydrogens is 460 g/mol. The Hall–Kier alpha value is -2.43. The number of alkyl carbamates (subject to hydrolysis) is 1. The Morgan fingerprint density at radius 1 is 1.15 bits per heavy atom. The first-order valence-electron chi connectivity index (χ1n) is 10.7. The highest BCUT2D eigenvalue weighted by molar-refractivity contribution is 7.99. The Morgan fingerprint density at radius 2 is 1.88 bits per heavy atom. The van der Waals surface area contributed by atoms with Gasteiger partial charge in [0.1, 0.15) is 11.3 Å². The van der Waals surface area contributed by atoms with Gasteiger partial charge >= 0.3 is 6.09 Å². The van der Waals surface area contributed by atoms with Gasteiger partial charge in [-0.2, -0.15) is 0 Å². The number of carbonyl (C=O) groups is 1. The van der Waals surface area contributed by atoms with Crippen molar-refractivity contribution in [1.29, 1.82) is 0 Å². The topological polar surface area (TPSA) is 120 Å². The quantitative estimate of drug-likeness (QED) is 0.111. The van der Waals surface area contributed by atoms with E-state index < -0.39 is 16.6 Å². The molecule has 10 heteroatoms. The molecule has 1 atom stereocenters. The number of hydrogen-bond acceptors (Lipinski definition) is 8. The van der Waals surface area contributed by atoms with Crippen molar-refractivity contribution in [2.24, 2.45) is 5.14 Å². The number of rotatable bonds is 12. The molecule has 0 radical (unpaired) electrons. The van der Waals surface area contributed by atoms with Crippen LogP contribution in [0.15, 0.2) is 58.3 Å². The molecule has 0 fully saturated rings. The molecule has 0 spiro atoms. The lowest BCUT2D eigenvalue weighted by atomic mass is 10.1.